The maximum atomic E-state index is 13.0. The van der Waals surface area contributed by atoms with Crippen molar-refractivity contribution < 1.29 is 33.2 Å². The lowest BCUT2D eigenvalue weighted by Gasteiger charge is -2.43. The van der Waals surface area contributed by atoms with E-state index >= 15 is 0 Å². The summed E-state index contributed by atoms with van der Waals surface area (Å²) in [7, 11) is 1.47. The maximum Gasteiger partial charge on any atom is 0.198 e. The van der Waals surface area contributed by atoms with E-state index in [-0.39, 0.29) is 19.2 Å². The van der Waals surface area contributed by atoms with Crippen LogP contribution in [0.1, 0.15) is 17.4 Å². The zero-order valence-electron chi connectivity index (χ0n) is 16.1. The Balaban J connectivity index is 1.36. The molecule has 154 valence electrons. The van der Waals surface area contributed by atoms with E-state index in [1.807, 2.05) is 60.7 Å². The van der Waals surface area contributed by atoms with Crippen LogP contribution >= 0.6 is 0 Å². The Bertz CT molecular complexity index is 782. The Morgan fingerprint density at radius 2 is 1.72 bits per heavy atom. The smallest absolute Gasteiger partial charge is 0.198 e. The lowest BCUT2D eigenvalue weighted by molar-refractivity contribution is -0.321. The molecule has 0 radical (unpaired) electrons. The van der Waals surface area contributed by atoms with Gasteiger partial charge in [-0.05, 0) is 5.56 Å². The van der Waals surface area contributed by atoms with E-state index in [1.54, 1.807) is 0 Å². The van der Waals surface area contributed by atoms with Gasteiger partial charge in [-0.1, -0.05) is 60.7 Å². The van der Waals surface area contributed by atoms with Crippen molar-refractivity contribution in [1.29, 1.82) is 0 Å². The van der Waals surface area contributed by atoms with Crippen molar-refractivity contribution >= 4 is 5.78 Å². The monoisotopic (exact) mass is 400 g/mol. The highest BCUT2D eigenvalue weighted by Crippen LogP contribution is 2.33. The van der Waals surface area contributed by atoms with Gasteiger partial charge in [-0.2, -0.15) is 0 Å². The minimum Gasteiger partial charge on any atom is -0.353 e. The third kappa shape index (κ3) is 4.72. The standard InChI is InChI=1S/C22H24O7/c1-24-22-20(27-14-25-12-15-8-4-2-5-9-15)18(23)19-17(28-22)13-26-21(29-19)16-10-6-3-7-11-16/h2-11,17,19-22H,12-14H2,1H3/t17-,19-,20-,21-,22+/m1/s1. The number of Topliss-reactive ketones (excluding diaryl/α,β-unsaturated/α-hetero) is 1. The molecule has 0 aliphatic carbocycles. The van der Waals surface area contributed by atoms with Gasteiger partial charge in [0.25, 0.3) is 0 Å². The van der Waals surface area contributed by atoms with Crippen molar-refractivity contribution in [3.05, 3.63) is 71.8 Å². The SMILES string of the molecule is CO[C@H]1O[C@@H]2CO[C@@H](c3ccccc3)O[C@H]2C(=O)[C@H]1OCOCc1ccccc1. The van der Waals surface area contributed by atoms with Gasteiger partial charge < -0.3 is 28.4 Å². The predicted molar refractivity (Wildman–Crippen MR) is 102 cm³/mol. The fourth-order valence-corrected chi connectivity index (χ4v) is 3.41. The summed E-state index contributed by atoms with van der Waals surface area (Å²) in [6, 6.07) is 19.2. The van der Waals surface area contributed by atoms with Crippen LogP contribution in [0.25, 0.3) is 0 Å². The highest BCUT2D eigenvalue weighted by Gasteiger charge is 2.50. The van der Waals surface area contributed by atoms with Crippen LogP contribution in [0, 0.1) is 0 Å². The minimum absolute atomic E-state index is 0.0650. The molecule has 2 heterocycles. The maximum absolute atomic E-state index is 13.0. The quantitative estimate of drug-likeness (QED) is 0.523. The number of carbonyl (C=O) groups is 1. The highest BCUT2D eigenvalue weighted by molar-refractivity contribution is 5.89. The molecular formula is C22H24O7. The van der Waals surface area contributed by atoms with Crippen molar-refractivity contribution in [1.82, 2.24) is 0 Å². The van der Waals surface area contributed by atoms with Crippen molar-refractivity contribution in [2.45, 2.75) is 37.5 Å². The molecule has 0 spiro atoms. The van der Waals surface area contributed by atoms with Gasteiger partial charge in [-0.3, -0.25) is 4.79 Å². The van der Waals surface area contributed by atoms with E-state index in [0.717, 1.165) is 11.1 Å². The number of ketones is 1. The summed E-state index contributed by atoms with van der Waals surface area (Å²) < 4.78 is 34.0. The largest absolute Gasteiger partial charge is 0.353 e. The molecular weight excluding hydrogens is 376 g/mol. The summed E-state index contributed by atoms with van der Waals surface area (Å²) in [6.07, 6.45) is -3.74. The molecule has 0 bridgehead atoms. The minimum atomic E-state index is -0.938. The molecule has 2 saturated heterocycles. The molecule has 2 aliphatic rings. The topological polar surface area (TPSA) is 72.5 Å². The van der Waals surface area contributed by atoms with Gasteiger partial charge in [0, 0.05) is 12.7 Å². The number of hydrogen-bond acceptors (Lipinski definition) is 7. The fourth-order valence-electron chi connectivity index (χ4n) is 3.41. The van der Waals surface area contributed by atoms with Crippen LogP contribution in [0.2, 0.25) is 0 Å². The molecule has 0 N–H and O–H groups in total. The van der Waals surface area contributed by atoms with E-state index < -0.39 is 30.9 Å². The first kappa shape index (κ1) is 20.2. The van der Waals surface area contributed by atoms with Crippen LogP contribution in [0.15, 0.2) is 60.7 Å². The Hall–Kier alpha value is -2.13. The molecule has 2 aromatic carbocycles. The van der Waals surface area contributed by atoms with E-state index in [1.165, 1.54) is 7.11 Å². The summed E-state index contributed by atoms with van der Waals surface area (Å²) in [5, 5.41) is 0. The molecule has 4 rings (SSSR count). The molecule has 29 heavy (non-hydrogen) atoms. The zero-order valence-corrected chi connectivity index (χ0v) is 16.1. The number of hydrogen-bond donors (Lipinski definition) is 0. The van der Waals surface area contributed by atoms with Gasteiger partial charge in [0.1, 0.15) is 12.9 Å². The molecule has 0 unspecified atom stereocenters. The first-order chi connectivity index (χ1) is 14.3. The Labute approximate surface area is 169 Å². The van der Waals surface area contributed by atoms with Crippen LogP contribution in [0.3, 0.4) is 0 Å². The van der Waals surface area contributed by atoms with E-state index in [0.29, 0.717) is 6.61 Å². The third-order valence-electron chi connectivity index (χ3n) is 4.88. The summed E-state index contributed by atoms with van der Waals surface area (Å²) in [5.74, 6) is -0.236. The second kappa shape index (κ2) is 9.58. The average molecular weight is 400 g/mol. The van der Waals surface area contributed by atoms with Gasteiger partial charge in [0.15, 0.2) is 30.6 Å². The molecule has 5 atom stereocenters. The predicted octanol–water partition coefficient (Wildman–Crippen LogP) is 2.60. The normalized spacial score (nSPS) is 29.4. The summed E-state index contributed by atoms with van der Waals surface area (Å²) in [4.78, 5) is 13.0. The third-order valence-corrected chi connectivity index (χ3v) is 4.88. The number of carbonyl (C=O) groups excluding carboxylic acids is 1. The fraction of sp³-hybridized carbons (Fsp3) is 0.409. The molecule has 2 aromatic rings. The van der Waals surface area contributed by atoms with Gasteiger partial charge >= 0.3 is 0 Å². The van der Waals surface area contributed by atoms with Crippen LogP contribution < -0.4 is 0 Å². The van der Waals surface area contributed by atoms with Crippen molar-refractivity contribution in [2.24, 2.45) is 0 Å². The van der Waals surface area contributed by atoms with Crippen LogP contribution in [-0.4, -0.2) is 50.9 Å². The molecule has 0 amide bonds. The Kier molecular flexibility index (Phi) is 6.66. The summed E-state index contributed by atoms with van der Waals surface area (Å²) in [5.41, 5.74) is 1.86. The van der Waals surface area contributed by atoms with E-state index in [2.05, 4.69) is 0 Å². The second-order valence-electron chi connectivity index (χ2n) is 6.85. The van der Waals surface area contributed by atoms with Gasteiger partial charge in [0.05, 0.1) is 13.2 Å². The Morgan fingerprint density at radius 1 is 1.00 bits per heavy atom. The van der Waals surface area contributed by atoms with Gasteiger partial charge in [-0.25, -0.2) is 0 Å². The molecule has 7 heteroatoms. The first-order valence-corrected chi connectivity index (χ1v) is 9.53. The highest BCUT2D eigenvalue weighted by atomic mass is 16.8. The van der Waals surface area contributed by atoms with Crippen LogP contribution in [0.5, 0.6) is 0 Å². The number of benzene rings is 2. The van der Waals surface area contributed by atoms with Gasteiger partial charge in [0.2, 0.25) is 0 Å². The second-order valence-corrected chi connectivity index (χ2v) is 6.85. The number of ether oxygens (including phenoxy) is 6. The lowest BCUT2D eigenvalue weighted by Crippen LogP contribution is -2.60. The Morgan fingerprint density at radius 3 is 2.45 bits per heavy atom. The molecule has 0 aromatic heterocycles. The summed E-state index contributed by atoms with van der Waals surface area (Å²) >= 11 is 0. The van der Waals surface area contributed by atoms with Gasteiger partial charge in [-0.15, -0.1) is 0 Å². The number of rotatable bonds is 7. The van der Waals surface area contributed by atoms with Crippen molar-refractivity contribution in [3.8, 4) is 0 Å². The zero-order chi connectivity index (χ0) is 20.1. The summed E-state index contributed by atoms with van der Waals surface area (Å²) in [6.45, 7) is 0.546. The average Bonchev–Trinajstić information content (AvgIpc) is 2.78. The number of fused-ring (bicyclic) bond motifs is 1. The van der Waals surface area contributed by atoms with Crippen LogP contribution in [0.4, 0.5) is 0 Å². The molecule has 0 saturated carbocycles. The molecule has 7 nitrogen and oxygen atoms in total. The van der Waals surface area contributed by atoms with E-state index in [4.69, 9.17) is 28.4 Å². The van der Waals surface area contributed by atoms with E-state index in [9.17, 15) is 4.79 Å². The number of methoxy groups -OCH3 is 1. The lowest BCUT2D eigenvalue weighted by atomic mass is 9.99. The van der Waals surface area contributed by atoms with Crippen molar-refractivity contribution in [2.75, 3.05) is 20.5 Å². The van der Waals surface area contributed by atoms with Crippen LogP contribution in [-0.2, 0) is 39.8 Å². The first-order valence-electron chi connectivity index (χ1n) is 9.53. The van der Waals surface area contributed by atoms with Crippen molar-refractivity contribution in [3.63, 3.8) is 0 Å². The molecule has 2 aliphatic heterocycles. The molecule has 2 fully saturated rings.